The van der Waals surface area contributed by atoms with Crippen LogP contribution in [-0.2, 0) is 9.59 Å². The second-order valence-corrected chi connectivity index (χ2v) is 5.42. The molecule has 1 aliphatic rings. The van der Waals surface area contributed by atoms with Gasteiger partial charge in [0, 0.05) is 12.0 Å². The Kier molecular flexibility index (Phi) is 5.63. The second kappa shape index (κ2) is 6.76. The zero-order chi connectivity index (χ0) is 13.7. The van der Waals surface area contributed by atoms with Crippen molar-refractivity contribution in [3.8, 4) is 0 Å². The summed E-state index contributed by atoms with van der Waals surface area (Å²) in [5.74, 6) is -0.658. The van der Waals surface area contributed by atoms with E-state index in [9.17, 15) is 9.59 Å². The number of hydrogen-bond donors (Lipinski definition) is 2. The summed E-state index contributed by atoms with van der Waals surface area (Å²) in [6, 6.07) is 0.177. The van der Waals surface area contributed by atoms with Gasteiger partial charge in [-0.25, -0.2) is 0 Å². The molecule has 0 saturated heterocycles. The molecule has 1 amide bonds. The summed E-state index contributed by atoms with van der Waals surface area (Å²) < 4.78 is 0. The lowest BCUT2D eigenvalue weighted by molar-refractivity contribution is -0.141. The highest BCUT2D eigenvalue weighted by molar-refractivity contribution is 5.81. The van der Waals surface area contributed by atoms with Crippen LogP contribution in [0, 0.1) is 17.8 Å². The van der Waals surface area contributed by atoms with Gasteiger partial charge < -0.3 is 10.4 Å². The molecule has 0 aliphatic heterocycles. The maximum Gasteiger partial charge on any atom is 0.306 e. The van der Waals surface area contributed by atoms with Crippen molar-refractivity contribution >= 4 is 11.9 Å². The first-order chi connectivity index (χ1) is 8.49. The van der Waals surface area contributed by atoms with Gasteiger partial charge in [-0.3, -0.25) is 9.59 Å². The van der Waals surface area contributed by atoms with Crippen LogP contribution in [0.2, 0.25) is 0 Å². The van der Waals surface area contributed by atoms with Crippen molar-refractivity contribution in [2.45, 2.75) is 58.9 Å². The molecule has 1 saturated carbocycles. The van der Waals surface area contributed by atoms with Crippen LogP contribution in [0.1, 0.15) is 52.9 Å². The summed E-state index contributed by atoms with van der Waals surface area (Å²) in [4.78, 5) is 22.9. The van der Waals surface area contributed by atoms with E-state index < -0.39 is 5.97 Å². The van der Waals surface area contributed by atoms with Gasteiger partial charge in [-0.2, -0.15) is 0 Å². The summed E-state index contributed by atoms with van der Waals surface area (Å²) in [5.41, 5.74) is 0. The lowest BCUT2D eigenvalue weighted by Gasteiger charge is -2.24. The number of carboxylic acids is 1. The molecular formula is C14H25NO3. The van der Waals surface area contributed by atoms with Crippen LogP contribution in [-0.4, -0.2) is 23.0 Å². The Balaban J connectivity index is 2.44. The molecule has 0 radical (unpaired) electrons. The van der Waals surface area contributed by atoms with E-state index in [1.807, 2.05) is 6.92 Å². The van der Waals surface area contributed by atoms with Gasteiger partial charge in [-0.1, -0.05) is 26.7 Å². The maximum atomic E-state index is 12.1. The lowest BCUT2D eigenvalue weighted by Crippen LogP contribution is -2.40. The average molecular weight is 255 g/mol. The van der Waals surface area contributed by atoms with Gasteiger partial charge in [0.1, 0.15) is 0 Å². The molecule has 0 bridgehead atoms. The third kappa shape index (κ3) is 3.72. The van der Waals surface area contributed by atoms with Gasteiger partial charge in [0.25, 0.3) is 0 Å². The van der Waals surface area contributed by atoms with Crippen molar-refractivity contribution in [3.63, 3.8) is 0 Å². The molecule has 0 aromatic heterocycles. The van der Waals surface area contributed by atoms with E-state index in [1.165, 1.54) is 0 Å². The van der Waals surface area contributed by atoms with Crippen molar-refractivity contribution < 1.29 is 14.7 Å². The molecular weight excluding hydrogens is 230 g/mol. The standard InChI is InChI=1S/C14H25NO3/c1-4-10(5-2)9(3)15-13(16)11-6-7-12(8-11)14(17)18/h9-12H,4-8H2,1-3H3,(H,15,16)(H,17,18)/t9?,11-,12+/m1/s1. The van der Waals surface area contributed by atoms with Crippen LogP contribution < -0.4 is 5.32 Å². The Labute approximate surface area is 109 Å². The number of carbonyl (C=O) groups excluding carboxylic acids is 1. The highest BCUT2D eigenvalue weighted by Gasteiger charge is 2.34. The lowest BCUT2D eigenvalue weighted by atomic mass is 9.94. The molecule has 0 aromatic carbocycles. The zero-order valence-electron chi connectivity index (χ0n) is 11.6. The van der Waals surface area contributed by atoms with Gasteiger partial charge in [0.2, 0.25) is 5.91 Å². The van der Waals surface area contributed by atoms with E-state index in [0.29, 0.717) is 25.2 Å². The predicted octanol–water partition coefficient (Wildman–Crippen LogP) is 2.43. The fourth-order valence-corrected chi connectivity index (χ4v) is 2.90. The molecule has 1 rings (SSSR count). The summed E-state index contributed by atoms with van der Waals surface area (Å²) >= 11 is 0. The van der Waals surface area contributed by atoms with Crippen LogP contribution in [0.5, 0.6) is 0 Å². The number of carbonyl (C=O) groups is 2. The summed E-state index contributed by atoms with van der Waals surface area (Å²) in [5, 5.41) is 12.0. The van der Waals surface area contributed by atoms with Crippen molar-refractivity contribution in [1.29, 1.82) is 0 Å². The normalized spacial score (nSPS) is 25.1. The highest BCUT2D eigenvalue weighted by Crippen LogP contribution is 2.31. The molecule has 4 heteroatoms. The molecule has 0 spiro atoms. The second-order valence-electron chi connectivity index (χ2n) is 5.42. The van der Waals surface area contributed by atoms with Crippen molar-refractivity contribution in [1.82, 2.24) is 5.32 Å². The minimum absolute atomic E-state index is 0.0400. The monoisotopic (exact) mass is 255 g/mol. The van der Waals surface area contributed by atoms with E-state index in [1.54, 1.807) is 0 Å². The highest BCUT2D eigenvalue weighted by atomic mass is 16.4. The van der Waals surface area contributed by atoms with Crippen LogP contribution in [0.3, 0.4) is 0 Å². The molecule has 1 fully saturated rings. The predicted molar refractivity (Wildman–Crippen MR) is 70.1 cm³/mol. The fourth-order valence-electron chi connectivity index (χ4n) is 2.90. The topological polar surface area (TPSA) is 66.4 Å². The van der Waals surface area contributed by atoms with Crippen molar-refractivity contribution in [2.24, 2.45) is 17.8 Å². The molecule has 18 heavy (non-hydrogen) atoms. The fraction of sp³-hybridized carbons (Fsp3) is 0.857. The zero-order valence-corrected chi connectivity index (χ0v) is 11.6. The SMILES string of the molecule is CCC(CC)C(C)NC(=O)[C@@H]1CC[C@H](C(=O)O)C1. The van der Waals surface area contributed by atoms with Crippen LogP contribution in [0.15, 0.2) is 0 Å². The van der Waals surface area contributed by atoms with E-state index in [0.717, 1.165) is 12.8 Å². The largest absolute Gasteiger partial charge is 0.481 e. The minimum Gasteiger partial charge on any atom is -0.481 e. The van der Waals surface area contributed by atoms with E-state index in [4.69, 9.17) is 5.11 Å². The first-order valence-electron chi connectivity index (χ1n) is 7.02. The molecule has 0 aromatic rings. The van der Waals surface area contributed by atoms with E-state index in [2.05, 4.69) is 19.2 Å². The van der Waals surface area contributed by atoms with Crippen LogP contribution >= 0.6 is 0 Å². The van der Waals surface area contributed by atoms with Crippen LogP contribution in [0.25, 0.3) is 0 Å². The Morgan fingerprint density at radius 2 is 1.78 bits per heavy atom. The van der Waals surface area contributed by atoms with Gasteiger partial charge in [-0.15, -0.1) is 0 Å². The molecule has 1 unspecified atom stereocenters. The molecule has 2 N–H and O–H groups in total. The van der Waals surface area contributed by atoms with Crippen molar-refractivity contribution in [2.75, 3.05) is 0 Å². The summed E-state index contributed by atoms with van der Waals surface area (Å²) in [7, 11) is 0. The first kappa shape index (κ1) is 15.0. The van der Waals surface area contributed by atoms with E-state index in [-0.39, 0.29) is 23.8 Å². The number of amides is 1. The molecule has 4 nitrogen and oxygen atoms in total. The average Bonchev–Trinajstić information content (AvgIpc) is 2.79. The van der Waals surface area contributed by atoms with Gasteiger partial charge >= 0.3 is 5.97 Å². The smallest absolute Gasteiger partial charge is 0.306 e. The maximum absolute atomic E-state index is 12.1. The van der Waals surface area contributed by atoms with E-state index >= 15 is 0 Å². The number of hydrogen-bond acceptors (Lipinski definition) is 2. The Hall–Kier alpha value is -1.06. The van der Waals surface area contributed by atoms with Crippen molar-refractivity contribution in [3.05, 3.63) is 0 Å². The molecule has 1 aliphatic carbocycles. The molecule has 104 valence electrons. The molecule has 0 heterocycles. The van der Waals surface area contributed by atoms with Gasteiger partial charge in [-0.05, 0) is 32.1 Å². The Bertz CT molecular complexity index is 299. The van der Waals surface area contributed by atoms with Gasteiger partial charge in [0.15, 0.2) is 0 Å². The number of aliphatic carboxylic acids is 1. The number of carboxylic acid groups (broad SMARTS) is 1. The third-order valence-electron chi connectivity index (χ3n) is 4.28. The summed E-state index contributed by atoms with van der Waals surface area (Å²) in [6.45, 7) is 6.30. The first-order valence-corrected chi connectivity index (χ1v) is 7.02. The quantitative estimate of drug-likeness (QED) is 0.766. The number of rotatable bonds is 6. The minimum atomic E-state index is -0.765. The summed E-state index contributed by atoms with van der Waals surface area (Å²) in [6.07, 6.45) is 3.95. The Morgan fingerprint density at radius 1 is 1.22 bits per heavy atom. The van der Waals surface area contributed by atoms with Gasteiger partial charge in [0.05, 0.1) is 5.92 Å². The Morgan fingerprint density at radius 3 is 2.22 bits per heavy atom. The van der Waals surface area contributed by atoms with Crippen LogP contribution in [0.4, 0.5) is 0 Å². The third-order valence-corrected chi connectivity index (χ3v) is 4.28. The number of nitrogens with one attached hydrogen (secondary N) is 1. The molecule has 3 atom stereocenters.